The Morgan fingerprint density at radius 1 is 1.11 bits per heavy atom. The number of nitrogens with zero attached hydrogens (tertiary/aromatic N) is 1. The average Bonchev–Trinajstić information content (AvgIpc) is 3.13. The van der Waals surface area contributed by atoms with E-state index in [2.05, 4.69) is 5.32 Å². The van der Waals surface area contributed by atoms with Gasteiger partial charge in [-0.3, -0.25) is 9.59 Å². The van der Waals surface area contributed by atoms with Crippen molar-refractivity contribution in [2.75, 3.05) is 0 Å². The first kappa shape index (κ1) is 19.5. The summed E-state index contributed by atoms with van der Waals surface area (Å²) in [5.74, 6) is -0.108. The van der Waals surface area contributed by atoms with E-state index in [4.69, 9.17) is 11.6 Å². The normalized spacial score (nSPS) is 18.0. The largest absolute Gasteiger partial charge is 0.351 e. The van der Waals surface area contributed by atoms with Crippen LogP contribution in [-0.4, -0.2) is 28.8 Å². The van der Waals surface area contributed by atoms with E-state index in [0.29, 0.717) is 17.0 Å². The van der Waals surface area contributed by atoms with Gasteiger partial charge in [0.2, 0.25) is 11.8 Å². The lowest BCUT2D eigenvalue weighted by molar-refractivity contribution is -0.141. The molecule has 28 heavy (non-hydrogen) atoms. The van der Waals surface area contributed by atoms with Gasteiger partial charge >= 0.3 is 0 Å². The van der Waals surface area contributed by atoms with Gasteiger partial charge in [0.1, 0.15) is 6.04 Å². The molecule has 1 aromatic heterocycles. The van der Waals surface area contributed by atoms with Crippen LogP contribution in [0.3, 0.4) is 0 Å². The van der Waals surface area contributed by atoms with Crippen LogP contribution in [0.15, 0.2) is 41.8 Å². The number of carbonyl (C=O) groups is 2. The van der Waals surface area contributed by atoms with E-state index in [1.54, 1.807) is 22.3 Å². The van der Waals surface area contributed by atoms with E-state index in [9.17, 15) is 9.59 Å². The van der Waals surface area contributed by atoms with Gasteiger partial charge in [-0.2, -0.15) is 0 Å². The predicted octanol–water partition coefficient (Wildman–Crippen LogP) is 4.74. The molecule has 1 atom stereocenters. The molecule has 2 aliphatic carbocycles. The van der Waals surface area contributed by atoms with Crippen molar-refractivity contribution in [1.82, 2.24) is 10.2 Å². The summed E-state index contributed by atoms with van der Waals surface area (Å²) in [6.07, 6.45) is 6.51. The van der Waals surface area contributed by atoms with Crippen LogP contribution in [-0.2, 0) is 16.0 Å². The minimum atomic E-state index is -0.672. The second-order valence-corrected chi connectivity index (χ2v) is 9.14. The van der Waals surface area contributed by atoms with Gasteiger partial charge in [0.25, 0.3) is 0 Å². The highest BCUT2D eigenvalue weighted by atomic mass is 35.5. The fourth-order valence-electron chi connectivity index (χ4n) is 4.03. The van der Waals surface area contributed by atoms with E-state index in [1.165, 1.54) is 0 Å². The van der Waals surface area contributed by atoms with Crippen LogP contribution in [0, 0.1) is 0 Å². The zero-order valence-electron chi connectivity index (χ0n) is 15.8. The highest BCUT2D eigenvalue weighted by molar-refractivity contribution is 7.10. The van der Waals surface area contributed by atoms with Crippen LogP contribution in [0.25, 0.3) is 0 Å². The molecule has 2 saturated carbocycles. The number of nitrogens with one attached hydrogen (secondary N) is 1. The zero-order valence-corrected chi connectivity index (χ0v) is 17.3. The lowest BCUT2D eigenvalue weighted by atomic mass is 10.0. The Labute approximate surface area is 174 Å². The van der Waals surface area contributed by atoms with Crippen LogP contribution >= 0.6 is 22.9 Å². The molecule has 4 nitrogen and oxygen atoms in total. The van der Waals surface area contributed by atoms with Crippen molar-refractivity contribution in [2.45, 2.75) is 63.1 Å². The molecule has 0 unspecified atom stereocenters. The van der Waals surface area contributed by atoms with Crippen molar-refractivity contribution < 1.29 is 9.59 Å². The third kappa shape index (κ3) is 4.41. The Balaban J connectivity index is 1.64. The molecule has 2 aromatic rings. The van der Waals surface area contributed by atoms with Crippen LogP contribution < -0.4 is 5.32 Å². The standard InChI is InChI=1S/C22H25ClN2O2S/c23-19-10-4-3-9-18(19)21(22(27)24-15-6-1-2-7-15)25(16-11-12-16)20(26)14-17-8-5-13-28-17/h3-5,8-10,13,15-16,21H,1-2,6-7,11-12,14H2,(H,24,27)/t21-/m1/s1. The van der Waals surface area contributed by atoms with Gasteiger partial charge in [0.15, 0.2) is 0 Å². The molecule has 2 amide bonds. The first-order chi connectivity index (χ1) is 13.6. The van der Waals surface area contributed by atoms with Crippen molar-refractivity contribution in [1.29, 1.82) is 0 Å². The highest BCUT2D eigenvalue weighted by Gasteiger charge is 2.42. The maximum Gasteiger partial charge on any atom is 0.247 e. The second-order valence-electron chi connectivity index (χ2n) is 7.70. The quantitative estimate of drug-likeness (QED) is 0.708. The lowest BCUT2D eigenvalue weighted by Gasteiger charge is -2.33. The van der Waals surface area contributed by atoms with Crippen molar-refractivity contribution in [3.63, 3.8) is 0 Å². The molecule has 1 heterocycles. The van der Waals surface area contributed by atoms with Crippen LogP contribution in [0.2, 0.25) is 5.02 Å². The van der Waals surface area contributed by atoms with Gasteiger partial charge in [-0.25, -0.2) is 0 Å². The minimum absolute atomic E-state index is 0.00329. The Bertz CT molecular complexity index is 829. The molecule has 6 heteroatoms. The Morgan fingerprint density at radius 2 is 1.86 bits per heavy atom. The maximum absolute atomic E-state index is 13.4. The number of halogens is 1. The number of rotatable bonds is 7. The predicted molar refractivity (Wildman–Crippen MR) is 112 cm³/mol. The lowest BCUT2D eigenvalue weighted by Crippen LogP contribution is -2.47. The van der Waals surface area contributed by atoms with Crippen molar-refractivity contribution in [2.24, 2.45) is 0 Å². The molecule has 0 spiro atoms. The summed E-state index contributed by atoms with van der Waals surface area (Å²) in [5, 5.41) is 5.70. The molecule has 1 N–H and O–H groups in total. The van der Waals surface area contributed by atoms with Gasteiger partial charge < -0.3 is 10.2 Å². The molecule has 0 aliphatic heterocycles. The average molecular weight is 417 g/mol. The van der Waals surface area contributed by atoms with Crippen molar-refractivity contribution >= 4 is 34.8 Å². The molecule has 148 valence electrons. The fraction of sp³-hybridized carbons (Fsp3) is 0.455. The molecule has 2 aliphatic rings. The van der Waals surface area contributed by atoms with Crippen LogP contribution in [0.1, 0.15) is 55.0 Å². The SMILES string of the molecule is O=C(NC1CCCC1)[C@@H](c1ccccc1Cl)N(C(=O)Cc1cccs1)C1CC1. The summed E-state index contributed by atoms with van der Waals surface area (Å²) >= 11 is 8.05. The molecule has 1 aromatic carbocycles. The van der Waals surface area contributed by atoms with E-state index in [-0.39, 0.29) is 23.9 Å². The minimum Gasteiger partial charge on any atom is -0.351 e. The highest BCUT2D eigenvalue weighted by Crippen LogP contribution is 2.38. The molecular weight excluding hydrogens is 392 g/mol. The van der Waals surface area contributed by atoms with E-state index >= 15 is 0 Å². The van der Waals surface area contributed by atoms with Crippen LogP contribution in [0.4, 0.5) is 0 Å². The van der Waals surface area contributed by atoms with Crippen LogP contribution in [0.5, 0.6) is 0 Å². The number of thiophene rings is 1. The Morgan fingerprint density at radius 3 is 2.50 bits per heavy atom. The van der Waals surface area contributed by atoms with Gasteiger partial charge in [-0.05, 0) is 43.2 Å². The topological polar surface area (TPSA) is 49.4 Å². The third-order valence-electron chi connectivity index (χ3n) is 5.56. The van der Waals surface area contributed by atoms with Gasteiger partial charge in [-0.15, -0.1) is 11.3 Å². The van der Waals surface area contributed by atoms with Gasteiger partial charge in [-0.1, -0.05) is 48.7 Å². The monoisotopic (exact) mass is 416 g/mol. The zero-order chi connectivity index (χ0) is 19.5. The maximum atomic E-state index is 13.4. The van der Waals surface area contributed by atoms with Gasteiger partial charge in [0.05, 0.1) is 6.42 Å². The number of carbonyl (C=O) groups excluding carboxylic acids is 2. The number of hydrogen-bond acceptors (Lipinski definition) is 3. The summed E-state index contributed by atoms with van der Waals surface area (Å²) in [6.45, 7) is 0. The number of benzene rings is 1. The Kier molecular flexibility index (Phi) is 6.02. The van der Waals surface area contributed by atoms with E-state index < -0.39 is 6.04 Å². The number of amides is 2. The first-order valence-electron chi connectivity index (χ1n) is 10.0. The first-order valence-corrected chi connectivity index (χ1v) is 11.3. The molecular formula is C22H25ClN2O2S. The summed E-state index contributed by atoms with van der Waals surface area (Å²) in [5.41, 5.74) is 0.714. The van der Waals surface area contributed by atoms with E-state index in [1.807, 2.05) is 35.7 Å². The molecule has 0 bridgehead atoms. The third-order valence-corrected chi connectivity index (χ3v) is 6.78. The van der Waals surface area contributed by atoms with Gasteiger partial charge in [0, 0.05) is 27.5 Å². The van der Waals surface area contributed by atoms with Crippen molar-refractivity contribution in [3.05, 3.63) is 57.2 Å². The van der Waals surface area contributed by atoms with E-state index in [0.717, 1.165) is 43.4 Å². The fourth-order valence-corrected chi connectivity index (χ4v) is 4.96. The van der Waals surface area contributed by atoms with Crippen molar-refractivity contribution in [3.8, 4) is 0 Å². The summed E-state index contributed by atoms with van der Waals surface area (Å²) in [7, 11) is 0. The molecule has 4 rings (SSSR count). The summed E-state index contributed by atoms with van der Waals surface area (Å²) in [6, 6.07) is 11.0. The molecule has 2 fully saturated rings. The Hall–Kier alpha value is -1.85. The second kappa shape index (κ2) is 8.66. The molecule has 0 radical (unpaired) electrons. The summed E-state index contributed by atoms with van der Waals surface area (Å²) in [4.78, 5) is 29.5. The number of hydrogen-bond donors (Lipinski definition) is 1. The smallest absolute Gasteiger partial charge is 0.247 e. The summed E-state index contributed by atoms with van der Waals surface area (Å²) < 4.78 is 0. The molecule has 0 saturated heterocycles.